The quantitative estimate of drug-likeness (QED) is 0.525. The molecule has 0 saturated heterocycles. The lowest BCUT2D eigenvalue weighted by Gasteiger charge is -2.09. The molecule has 0 bridgehead atoms. The number of benzene rings is 2. The predicted molar refractivity (Wildman–Crippen MR) is 91.9 cm³/mol. The van der Waals surface area contributed by atoms with Gasteiger partial charge in [-0.15, -0.1) is 0 Å². The molecule has 2 rings (SSSR count). The van der Waals surface area contributed by atoms with E-state index in [9.17, 15) is 4.79 Å². The van der Waals surface area contributed by atoms with Gasteiger partial charge in [0.2, 0.25) is 0 Å². The molecule has 0 aromatic heterocycles. The van der Waals surface area contributed by atoms with Gasteiger partial charge in [0.25, 0.3) is 0 Å². The highest BCUT2D eigenvalue weighted by Gasteiger charge is 2.08. The van der Waals surface area contributed by atoms with Crippen molar-refractivity contribution in [2.45, 2.75) is 39.2 Å². The third kappa shape index (κ3) is 6.15. The van der Waals surface area contributed by atoms with Crippen LogP contribution in [0.15, 0.2) is 54.6 Å². The summed E-state index contributed by atoms with van der Waals surface area (Å²) in [5.74, 6) is 0.486. The fourth-order valence-corrected chi connectivity index (χ4v) is 2.24. The maximum Gasteiger partial charge on any atom is 0.338 e. The molecule has 0 spiro atoms. The molecule has 0 radical (unpaired) electrons. The molecule has 3 nitrogen and oxygen atoms in total. The fraction of sp³-hybridized carbons (Fsp3) is 0.350. The highest BCUT2D eigenvalue weighted by atomic mass is 16.5. The first-order valence-corrected chi connectivity index (χ1v) is 8.13. The van der Waals surface area contributed by atoms with E-state index in [4.69, 9.17) is 9.47 Å². The summed E-state index contributed by atoms with van der Waals surface area (Å²) in [4.78, 5) is 11.7. The van der Waals surface area contributed by atoms with Crippen molar-refractivity contribution in [3.8, 4) is 5.75 Å². The van der Waals surface area contributed by atoms with Gasteiger partial charge in [0.15, 0.2) is 0 Å². The first kappa shape index (κ1) is 17.1. The Labute approximate surface area is 138 Å². The molecular weight excluding hydrogens is 288 g/mol. The van der Waals surface area contributed by atoms with Crippen molar-refractivity contribution in [3.05, 3.63) is 65.7 Å². The number of carbonyl (C=O) groups is 1. The molecule has 0 heterocycles. The van der Waals surface area contributed by atoms with E-state index in [-0.39, 0.29) is 12.1 Å². The summed E-state index contributed by atoms with van der Waals surface area (Å²) in [5, 5.41) is 0. The van der Waals surface area contributed by atoms with Gasteiger partial charge in [-0.1, -0.05) is 30.3 Å². The van der Waals surface area contributed by atoms with Crippen LogP contribution in [0, 0.1) is 0 Å². The van der Waals surface area contributed by atoms with Gasteiger partial charge in [-0.25, -0.2) is 4.79 Å². The highest BCUT2D eigenvalue weighted by Crippen LogP contribution is 2.14. The zero-order valence-electron chi connectivity index (χ0n) is 13.8. The molecular formula is C20H24O3. The second-order valence-electron chi connectivity index (χ2n) is 5.77. The molecule has 0 unspecified atom stereocenters. The Balaban J connectivity index is 1.69. The molecule has 0 fully saturated rings. The van der Waals surface area contributed by atoms with Crippen LogP contribution in [-0.4, -0.2) is 18.7 Å². The number of esters is 1. The lowest BCUT2D eigenvalue weighted by atomic mass is 10.1. The number of carbonyl (C=O) groups excluding carboxylic acids is 1. The molecule has 2 aromatic rings. The zero-order valence-corrected chi connectivity index (χ0v) is 13.8. The van der Waals surface area contributed by atoms with Crippen LogP contribution >= 0.6 is 0 Å². The van der Waals surface area contributed by atoms with E-state index < -0.39 is 0 Å². The van der Waals surface area contributed by atoms with Crippen molar-refractivity contribution in [1.82, 2.24) is 0 Å². The third-order valence-corrected chi connectivity index (χ3v) is 3.40. The van der Waals surface area contributed by atoms with E-state index in [1.807, 2.05) is 32.0 Å². The van der Waals surface area contributed by atoms with Crippen LogP contribution in [0.1, 0.15) is 42.6 Å². The van der Waals surface area contributed by atoms with Crippen LogP contribution in [0.2, 0.25) is 0 Å². The molecule has 0 aliphatic carbocycles. The van der Waals surface area contributed by atoms with Gasteiger partial charge >= 0.3 is 5.97 Å². The number of hydrogen-bond donors (Lipinski definition) is 0. The second kappa shape index (κ2) is 8.99. The second-order valence-corrected chi connectivity index (χ2v) is 5.77. The van der Waals surface area contributed by atoms with Gasteiger partial charge in [-0.2, -0.15) is 0 Å². The monoisotopic (exact) mass is 312 g/mol. The fourth-order valence-electron chi connectivity index (χ4n) is 2.24. The first-order chi connectivity index (χ1) is 11.1. The van der Waals surface area contributed by atoms with Crippen molar-refractivity contribution >= 4 is 5.97 Å². The van der Waals surface area contributed by atoms with Gasteiger partial charge in [0, 0.05) is 0 Å². The summed E-state index contributed by atoms with van der Waals surface area (Å²) < 4.78 is 10.9. The summed E-state index contributed by atoms with van der Waals surface area (Å²) in [6.45, 7) is 4.36. The molecule has 122 valence electrons. The third-order valence-electron chi connectivity index (χ3n) is 3.40. The normalized spacial score (nSPS) is 10.6. The first-order valence-electron chi connectivity index (χ1n) is 8.13. The van der Waals surface area contributed by atoms with Crippen LogP contribution < -0.4 is 4.74 Å². The number of rotatable bonds is 8. The van der Waals surface area contributed by atoms with Gasteiger partial charge in [0.05, 0.1) is 18.3 Å². The average Bonchev–Trinajstić information content (AvgIpc) is 2.55. The Kier molecular flexibility index (Phi) is 6.67. The van der Waals surface area contributed by atoms with Crippen molar-refractivity contribution in [2.75, 3.05) is 6.61 Å². The number of ether oxygens (including phenoxy) is 2. The summed E-state index contributed by atoms with van der Waals surface area (Å²) in [6.07, 6.45) is 3.07. The molecule has 0 saturated carbocycles. The molecule has 0 aliphatic heterocycles. The van der Waals surface area contributed by atoms with Crippen LogP contribution in [0.4, 0.5) is 0 Å². The van der Waals surface area contributed by atoms with E-state index in [0.29, 0.717) is 12.2 Å². The summed E-state index contributed by atoms with van der Waals surface area (Å²) in [7, 11) is 0. The molecule has 0 aliphatic rings. The van der Waals surface area contributed by atoms with Gasteiger partial charge in [0.1, 0.15) is 5.75 Å². The minimum atomic E-state index is -0.297. The van der Waals surface area contributed by atoms with E-state index in [1.54, 1.807) is 12.1 Å². The van der Waals surface area contributed by atoms with E-state index >= 15 is 0 Å². The summed E-state index contributed by atoms with van der Waals surface area (Å²) in [6, 6.07) is 17.6. The molecule has 0 atom stereocenters. The summed E-state index contributed by atoms with van der Waals surface area (Å²) in [5.41, 5.74) is 1.91. The van der Waals surface area contributed by atoms with Crippen LogP contribution in [0.5, 0.6) is 5.75 Å². The topological polar surface area (TPSA) is 35.5 Å². The minimum Gasteiger partial charge on any atom is -0.494 e. The van der Waals surface area contributed by atoms with Crippen LogP contribution in [0.3, 0.4) is 0 Å². The Bertz CT molecular complexity index is 588. The van der Waals surface area contributed by atoms with Crippen LogP contribution in [-0.2, 0) is 11.2 Å². The number of hydrogen-bond acceptors (Lipinski definition) is 3. The molecule has 0 amide bonds. The minimum absolute atomic E-state index is 0.108. The van der Waals surface area contributed by atoms with Crippen molar-refractivity contribution in [1.29, 1.82) is 0 Å². The standard InChI is InChI=1S/C20H24O3/c1-16(2)23-20(21)18-11-13-19(14-12-18)22-15-7-6-10-17-8-4-3-5-9-17/h3-5,8-9,11-14,16H,6-7,10,15H2,1-2H3. The van der Waals surface area contributed by atoms with Crippen molar-refractivity contribution in [2.24, 2.45) is 0 Å². The lowest BCUT2D eigenvalue weighted by molar-refractivity contribution is 0.0378. The molecule has 23 heavy (non-hydrogen) atoms. The largest absolute Gasteiger partial charge is 0.494 e. The average molecular weight is 312 g/mol. The predicted octanol–water partition coefficient (Wildman–Crippen LogP) is 4.65. The van der Waals surface area contributed by atoms with E-state index in [2.05, 4.69) is 24.3 Å². The summed E-state index contributed by atoms with van der Waals surface area (Å²) >= 11 is 0. The SMILES string of the molecule is CC(C)OC(=O)c1ccc(OCCCCc2ccccc2)cc1. The molecule has 0 N–H and O–H groups in total. The lowest BCUT2D eigenvalue weighted by Crippen LogP contribution is -2.11. The Hall–Kier alpha value is -2.29. The maximum absolute atomic E-state index is 11.7. The number of aryl methyl sites for hydroxylation is 1. The van der Waals surface area contributed by atoms with Gasteiger partial charge in [-0.05, 0) is 62.9 Å². The van der Waals surface area contributed by atoms with Crippen molar-refractivity contribution in [3.63, 3.8) is 0 Å². The van der Waals surface area contributed by atoms with E-state index in [1.165, 1.54) is 5.56 Å². The van der Waals surface area contributed by atoms with Crippen molar-refractivity contribution < 1.29 is 14.3 Å². The number of unbranched alkanes of at least 4 members (excludes halogenated alkanes) is 1. The Morgan fingerprint density at radius 3 is 2.30 bits per heavy atom. The highest BCUT2D eigenvalue weighted by molar-refractivity contribution is 5.89. The molecule has 3 heteroatoms. The van der Waals surface area contributed by atoms with E-state index in [0.717, 1.165) is 25.0 Å². The zero-order chi connectivity index (χ0) is 16.5. The molecule has 2 aromatic carbocycles. The Morgan fingerprint density at radius 2 is 1.65 bits per heavy atom. The Morgan fingerprint density at radius 1 is 0.957 bits per heavy atom. The van der Waals surface area contributed by atoms with Gasteiger partial charge in [-0.3, -0.25) is 0 Å². The smallest absolute Gasteiger partial charge is 0.338 e. The maximum atomic E-state index is 11.7. The van der Waals surface area contributed by atoms with Gasteiger partial charge < -0.3 is 9.47 Å². The van der Waals surface area contributed by atoms with Crippen LogP contribution in [0.25, 0.3) is 0 Å².